The SMILES string of the molecule is O=C(O)C1C=NNC1(c1ccccc1)c1ccccc1. The molecule has 4 heteroatoms. The molecule has 3 rings (SSSR count). The number of benzene rings is 2. The second-order valence-corrected chi connectivity index (χ2v) is 4.75. The topological polar surface area (TPSA) is 61.7 Å². The number of carboxylic acid groups (broad SMARTS) is 1. The summed E-state index contributed by atoms with van der Waals surface area (Å²) in [5.41, 5.74) is 3.94. The maximum Gasteiger partial charge on any atom is 0.315 e. The van der Waals surface area contributed by atoms with Crippen molar-refractivity contribution in [2.24, 2.45) is 11.0 Å². The first kappa shape index (κ1) is 12.4. The van der Waals surface area contributed by atoms with Crippen LogP contribution in [0.2, 0.25) is 0 Å². The zero-order valence-corrected chi connectivity index (χ0v) is 10.7. The monoisotopic (exact) mass is 266 g/mol. The van der Waals surface area contributed by atoms with Crippen molar-refractivity contribution in [1.29, 1.82) is 0 Å². The molecule has 1 atom stereocenters. The average molecular weight is 266 g/mol. The molecule has 0 saturated carbocycles. The Morgan fingerprint density at radius 1 is 1.00 bits per heavy atom. The quantitative estimate of drug-likeness (QED) is 0.895. The van der Waals surface area contributed by atoms with Gasteiger partial charge >= 0.3 is 5.97 Å². The molecule has 1 aliphatic heterocycles. The third-order valence-corrected chi connectivity index (χ3v) is 3.66. The second-order valence-electron chi connectivity index (χ2n) is 4.75. The van der Waals surface area contributed by atoms with Gasteiger partial charge in [0, 0.05) is 6.21 Å². The smallest absolute Gasteiger partial charge is 0.315 e. The normalized spacial score (nSPS) is 19.5. The molecule has 1 aliphatic rings. The zero-order chi connectivity index (χ0) is 14.0. The fourth-order valence-corrected chi connectivity index (χ4v) is 2.70. The average Bonchev–Trinajstić information content (AvgIpc) is 2.95. The van der Waals surface area contributed by atoms with Crippen molar-refractivity contribution >= 4 is 12.2 Å². The van der Waals surface area contributed by atoms with E-state index in [-0.39, 0.29) is 0 Å². The van der Waals surface area contributed by atoms with Gasteiger partial charge in [0.2, 0.25) is 0 Å². The lowest BCUT2D eigenvalue weighted by Gasteiger charge is -2.33. The highest BCUT2D eigenvalue weighted by Gasteiger charge is 2.48. The van der Waals surface area contributed by atoms with E-state index in [9.17, 15) is 9.90 Å². The van der Waals surface area contributed by atoms with Crippen LogP contribution in [-0.4, -0.2) is 17.3 Å². The number of hydrogen-bond acceptors (Lipinski definition) is 3. The standard InChI is InChI=1S/C16H14N2O2/c19-15(20)14-11-17-18-16(14,12-7-3-1-4-8-12)13-9-5-2-6-10-13/h1-11,14,18H,(H,19,20). The number of carboxylic acids is 1. The fourth-order valence-electron chi connectivity index (χ4n) is 2.70. The molecule has 0 fully saturated rings. The number of rotatable bonds is 3. The van der Waals surface area contributed by atoms with E-state index < -0.39 is 17.4 Å². The number of aliphatic carboxylic acids is 1. The summed E-state index contributed by atoms with van der Waals surface area (Å²) in [6, 6.07) is 19.1. The molecule has 0 aliphatic carbocycles. The van der Waals surface area contributed by atoms with Gasteiger partial charge in [0.05, 0.1) is 0 Å². The van der Waals surface area contributed by atoms with Gasteiger partial charge in [0.15, 0.2) is 0 Å². The molecule has 4 nitrogen and oxygen atoms in total. The van der Waals surface area contributed by atoms with Gasteiger partial charge in [0.25, 0.3) is 0 Å². The molecule has 1 unspecified atom stereocenters. The molecule has 0 saturated heterocycles. The first-order chi connectivity index (χ1) is 9.75. The maximum absolute atomic E-state index is 11.6. The van der Waals surface area contributed by atoms with Crippen LogP contribution in [0, 0.1) is 5.92 Å². The van der Waals surface area contributed by atoms with Crippen molar-refractivity contribution in [2.45, 2.75) is 5.54 Å². The van der Waals surface area contributed by atoms with Crippen LogP contribution in [0.3, 0.4) is 0 Å². The van der Waals surface area contributed by atoms with E-state index in [2.05, 4.69) is 10.5 Å². The number of carbonyl (C=O) groups is 1. The van der Waals surface area contributed by atoms with Crippen molar-refractivity contribution in [3.63, 3.8) is 0 Å². The number of nitrogens with zero attached hydrogens (tertiary/aromatic N) is 1. The molecule has 0 bridgehead atoms. The van der Waals surface area contributed by atoms with Crippen LogP contribution in [0.5, 0.6) is 0 Å². The van der Waals surface area contributed by atoms with Crippen LogP contribution in [0.25, 0.3) is 0 Å². The van der Waals surface area contributed by atoms with E-state index in [1.54, 1.807) is 0 Å². The van der Waals surface area contributed by atoms with Crippen LogP contribution in [-0.2, 0) is 10.3 Å². The summed E-state index contributed by atoms with van der Waals surface area (Å²) >= 11 is 0. The van der Waals surface area contributed by atoms with Gasteiger partial charge in [0.1, 0.15) is 11.5 Å². The fraction of sp³-hybridized carbons (Fsp3) is 0.125. The van der Waals surface area contributed by atoms with E-state index in [0.29, 0.717) is 0 Å². The lowest BCUT2D eigenvalue weighted by molar-refractivity contribution is -0.140. The van der Waals surface area contributed by atoms with Crippen LogP contribution in [0.1, 0.15) is 11.1 Å². The summed E-state index contributed by atoms with van der Waals surface area (Å²) in [6.07, 6.45) is 1.46. The molecule has 100 valence electrons. The summed E-state index contributed by atoms with van der Waals surface area (Å²) in [4.78, 5) is 11.6. The molecule has 1 heterocycles. The summed E-state index contributed by atoms with van der Waals surface area (Å²) < 4.78 is 0. The van der Waals surface area contributed by atoms with Crippen molar-refractivity contribution < 1.29 is 9.90 Å². The van der Waals surface area contributed by atoms with E-state index in [0.717, 1.165) is 11.1 Å². The molecule has 2 aromatic rings. The van der Waals surface area contributed by atoms with Crippen molar-refractivity contribution in [3.8, 4) is 0 Å². The lowest BCUT2D eigenvalue weighted by atomic mass is 9.74. The molecule has 2 aromatic carbocycles. The number of hydrogen-bond donors (Lipinski definition) is 2. The van der Waals surface area contributed by atoms with Gasteiger partial charge in [-0.15, -0.1) is 0 Å². The molecule has 20 heavy (non-hydrogen) atoms. The molecular weight excluding hydrogens is 252 g/mol. The zero-order valence-electron chi connectivity index (χ0n) is 10.7. The highest BCUT2D eigenvalue weighted by Crippen LogP contribution is 2.38. The van der Waals surface area contributed by atoms with Gasteiger partial charge < -0.3 is 5.11 Å². The Hall–Kier alpha value is -2.62. The van der Waals surface area contributed by atoms with Crippen LogP contribution in [0.4, 0.5) is 0 Å². The van der Waals surface area contributed by atoms with Crippen molar-refractivity contribution in [3.05, 3.63) is 71.8 Å². The first-order valence-electron chi connectivity index (χ1n) is 6.39. The predicted octanol–water partition coefficient (Wildman–Crippen LogP) is 2.22. The second kappa shape index (κ2) is 4.81. The Labute approximate surface area is 116 Å². The number of hydrazone groups is 1. The summed E-state index contributed by atoms with van der Waals surface area (Å²) in [5, 5.41) is 13.6. The Morgan fingerprint density at radius 3 is 1.95 bits per heavy atom. The van der Waals surface area contributed by atoms with Gasteiger partial charge in [-0.25, -0.2) is 0 Å². The highest BCUT2D eigenvalue weighted by atomic mass is 16.4. The molecule has 0 amide bonds. The summed E-state index contributed by atoms with van der Waals surface area (Å²) in [6.45, 7) is 0. The van der Waals surface area contributed by atoms with Gasteiger partial charge in [-0.3, -0.25) is 10.2 Å². The molecule has 0 radical (unpaired) electrons. The molecule has 0 spiro atoms. The Balaban J connectivity index is 2.22. The Bertz CT molecular complexity index is 599. The van der Waals surface area contributed by atoms with Crippen molar-refractivity contribution in [2.75, 3.05) is 0 Å². The van der Waals surface area contributed by atoms with Crippen LogP contribution in [0.15, 0.2) is 65.8 Å². The Morgan fingerprint density at radius 2 is 1.50 bits per heavy atom. The Kier molecular flexibility index (Phi) is 2.99. The molecule has 0 aromatic heterocycles. The van der Waals surface area contributed by atoms with E-state index >= 15 is 0 Å². The molecular formula is C16H14N2O2. The van der Waals surface area contributed by atoms with Crippen LogP contribution >= 0.6 is 0 Å². The van der Waals surface area contributed by atoms with E-state index in [1.165, 1.54) is 6.21 Å². The largest absolute Gasteiger partial charge is 0.481 e. The van der Waals surface area contributed by atoms with Crippen LogP contribution < -0.4 is 5.43 Å². The van der Waals surface area contributed by atoms with Gasteiger partial charge in [-0.1, -0.05) is 60.7 Å². The minimum atomic E-state index is -0.897. The number of nitrogens with one attached hydrogen (secondary N) is 1. The lowest BCUT2D eigenvalue weighted by Crippen LogP contribution is -2.46. The highest BCUT2D eigenvalue weighted by molar-refractivity contribution is 5.93. The minimum Gasteiger partial charge on any atom is -0.481 e. The summed E-state index contributed by atoms with van der Waals surface area (Å²) in [5.74, 6) is -1.64. The predicted molar refractivity (Wildman–Crippen MR) is 76.4 cm³/mol. The van der Waals surface area contributed by atoms with E-state index in [1.807, 2.05) is 60.7 Å². The van der Waals surface area contributed by atoms with E-state index in [4.69, 9.17) is 0 Å². The maximum atomic E-state index is 11.6. The third-order valence-electron chi connectivity index (χ3n) is 3.66. The summed E-state index contributed by atoms with van der Waals surface area (Å²) in [7, 11) is 0. The van der Waals surface area contributed by atoms with Crippen molar-refractivity contribution in [1.82, 2.24) is 5.43 Å². The third kappa shape index (κ3) is 1.77. The minimum absolute atomic E-state index is 0.743. The van der Waals surface area contributed by atoms with Gasteiger partial charge in [-0.05, 0) is 11.1 Å². The first-order valence-corrected chi connectivity index (χ1v) is 6.39. The van der Waals surface area contributed by atoms with Gasteiger partial charge in [-0.2, -0.15) is 5.10 Å². The molecule has 2 N–H and O–H groups in total.